The molecular formula is C20H26N6O4. The second kappa shape index (κ2) is 8.72. The maximum atomic E-state index is 11.6. The van der Waals surface area contributed by atoms with Crippen LogP contribution in [0.5, 0.6) is 5.75 Å². The summed E-state index contributed by atoms with van der Waals surface area (Å²) in [4.78, 5) is 20.3. The van der Waals surface area contributed by atoms with Gasteiger partial charge in [-0.05, 0) is 38.0 Å². The number of hydrogen-bond donors (Lipinski definition) is 4. The molecule has 2 aromatic rings. The third kappa shape index (κ3) is 4.89. The molecule has 1 unspecified atom stereocenters. The fraction of sp³-hybridized carbons (Fsp3) is 0.450. The van der Waals surface area contributed by atoms with Crippen LogP contribution in [0.1, 0.15) is 30.1 Å². The van der Waals surface area contributed by atoms with Gasteiger partial charge in [0.1, 0.15) is 24.3 Å². The predicted octanol–water partition coefficient (Wildman–Crippen LogP) is 2.08. The zero-order chi connectivity index (χ0) is 21.1. The summed E-state index contributed by atoms with van der Waals surface area (Å²) in [6, 6.07) is 5.99. The van der Waals surface area contributed by atoms with Gasteiger partial charge >= 0.3 is 0 Å². The van der Waals surface area contributed by atoms with Crippen LogP contribution in [0.3, 0.4) is 0 Å². The molecule has 1 aliphatic heterocycles. The van der Waals surface area contributed by atoms with Crippen LogP contribution < -0.4 is 26.4 Å². The Balaban J connectivity index is 1.47. The molecular weight excluding hydrogens is 388 g/mol. The molecule has 10 heteroatoms. The number of methoxy groups -OCH3 is 1. The molecule has 1 amide bonds. The molecule has 5 N–H and O–H groups in total. The van der Waals surface area contributed by atoms with Crippen molar-refractivity contribution in [3.63, 3.8) is 0 Å². The zero-order valence-corrected chi connectivity index (χ0v) is 17.0. The van der Waals surface area contributed by atoms with Gasteiger partial charge in [0.15, 0.2) is 6.29 Å². The number of carbonyl (C=O) groups is 1. The molecule has 2 heterocycles. The second-order valence-electron chi connectivity index (χ2n) is 7.33. The van der Waals surface area contributed by atoms with Crippen molar-refractivity contribution in [2.45, 2.75) is 38.2 Å². The highest BCUT2D eigenvalue weighted by Gasteiger charge is 2.24. The van der Waals surface area contributed by atoms with E-state index in [0.29, 0.717) is 31.0 Å². The van der Waals surface area contributed by atoms with Crippen molar-refractivity contribution in [3.05, 3.63) is 30.0 Å². The van der Waals surface area contributed by atoms with Crippen molar-refractivity contribution in [1.29, 1.82) is 0 Å². The van der Waals surface area contributed by atoms with Gasteiger partial charge in [0.05, 0.1) is 11.3 Å². The van der Waals surface area contributed by atoms with Crippen molar-refractivity contribution in [1.82, 2.24) is 9.97 Å². The van der Waals surface area contributed by atoms with Crippen LogP contribution in [0.15, 0.2) is 24.4 Å². The molecule has 1 aliphatic carbocycles. The number of nitrogens with two attached hydrogens (primary N) is 1. The van der Waals surface area contributed by atoms with E-state index in [-0.39, 0.29) is 18.0 Å². The molecule has 1 fully saturated rings. The van der Waals surface area contributed by atoms with E-state index in [1.807, 2.05) is 25.1 Å². The van der Waals surface area contributed by atoms with Gasteiger partial charge < -0.3 is 35.9 Å². The fourth-order valence-electron chi connectivity index (χ4n) is 3.03. The Labute approximate surface area is 174 Å². The monoisotopic (exact) mass is 414 g/mol. The molecule has 0 saturated heterocycles. The molecule has 1 saturated carbocycles. The molecule has 0 radical (unpaired) electrons. The number of primary amides is 1. The third-order valence-corrected chi connectivity index (χ3v) is 4.87. The number of hydrogen-bond acceptors (Lipinski definition) is 9. The number of ether oxygens (including phenoxy) is 3. The number of nitrogens with zero attached hydrogens (tertiary/aromatic N) is 2. The van der Waals surface area contributed by atoms with E-state index >= 15 is 0 Å². The summed E-state index contributed by atoms with van der Waals surface area (Å²) >= 11 is 0. The lowest BCUT2D eigenvalue weighted by atomic mass is 10.2. The van der Waals surface area contributed by atoms with Crippen LogP contribution in [0.2, 0.25) is 0 Å². The second-order valence-corrected chi connectivity index (χ2v) is 7.33. The summed E-state index contributed by atoms with van der Waals surface area (Å²) in [5.74, 6) is 0.993. The number of fused-ring (bicyclic) bond motifs is 1. The lowest BCUT2D eigenvalue weighted by Crippen LogP contribution is -2.31. The van der Waals surface area contributed by atoms with Gasteiger partial charge in [0.25, 0.3) is 5.91 Å². The van der Waals surface area contributed by atoms with Crippen LogP contribution in [0.4, 0.5) is 23.1 Å². The Morgan fingerprint density at radius 3 is 2.97 bits per heavy atom. The molecule has 0 bridgehead atoms. The molecule has 1 aromatic carbocycles. The Morgan fingerprint density at radius 2 is 2.23 bits per heavy atom. The summed E-state index contributed by atoms with van der Waals surface area (Å²) in [6.07, 6.45) is 3.10. The van der Waals surface area contributed by atoms with Gasteiger partial charge in [0.2, 0.25) is 5.95 Å². The normalized spacial score (nSPS) is 18.9. The SMILES string of the molecule is COC(C)O[C@H]1CNc2cc(Nc3ncc(C(N)=O)c(NC4CC4)n3)ccc2OC1. The topological polar surface area (TPSA) is 133 Å². The number of aromatic nitrogens is 2. The zero-order valence-electron chi connectivity index (χ0n) is 17.0. The highest BCUT2D eigenvalue weighted by atomic mass is 16.7. The average molecular weight is 414 g/mol. The lowest BCUT2D eigenvalue weighted by Gasteiger charge is -2.19. The molecule has 160 valence electrons. The standard InChI is InChI=1S/C20H26N6O4/c1-11(28-2)30-14-8-22-16-7-13(5-6-17(16)29-10-14)25-20-23-9-15(18(21)27)19(26-20)24-12-3-4-12/h5-7,9,11-12,14,22H,3-4,8,10H2,1-2H3,(H2,21,27)(H2,23,24,25,26)/t11?,14-/m0/s1. The highest BCUT2D eigenvalue weighted by molar-refractivity contribution is 5.97. The van der Waals surface area contributed by atoms with Crippen molar-refractivity contribution in [2.24, 2.45) is 5.73 Å². The molecule has 0 spiro atoms. The van der Waals surface area contributed by atoms with E-state index in [0.717, 1.165) is 30.0 Å². The van der Waals surface area contributed by atoms with E-state index in [4.69, 9.17) is 19.9 Å². The van der Waals surface area contributed by atoms with Gasteiger partial charge in [-0.1, -0.05) is 0 Å². The first-order valence-electron chi connectivity index (χ1n) is 9.91. The van der Waals surface area contributed by atoms with Crippen LogP contribution in [0.25, 0.3) is 0 Å². The summed E-state index contributed by atoms with van der Waals surface area (Å²) in [5, 5.41) is 9.73. The molecule has 2 aliphatic rings. The summed E-state index contributed by atoms with van der Waals surface area (Å²) in [6.45, 7) is 2.85. The van der Waals surface area contributed by atoms with Gasteiger partial charge in [-0.25, -0.2) is 4.98 Å². The number of amides is 1. The van der Waals surface area contributed by atoms with E-state index in [1.165, 1.54) is 6.20 Å². The summed E-state index contributed by atoms with van der Waals surface area (Å²) in [7, 11) is 1.60. The highest BCUT2D eigenvalue weighted by Crippen LogP contribution is 2.32. The Bertz CT molecular complexity index is 920. The predicted molar refractivity (Wildman–Crippen MR) is 112 cm³/mol. The maximum absolute atomic E-state index is 11.6. The van der Waals surface area contributed by atoms with Crippen LogP contribution in [-0.4, -0.2) is 54.6 Å². The number of benzene rings is 1. The number of rotatable bonds is 8. The van der Waals surface area contributed by atoms with Crippen molar-refractivity contribution >= 4 is 29.0 Å². The average Bonchev–Trinajstić information content (AvgIpc) is 3.56. The van der Waals surface area contributed by atoms with Gasteiger partial charge in [-0.15, -0.1) is 0 Å². The van der Waals surface area contributed by atoms with E-state index in [1.54, 1.807) is 7.11 Å². The minimum atomic E-state index is -0.560. The molecule has 30 heavy (non-hydrogen) atoms. The summed E-state index contributed by atoms with van der Waals surface area (Å²) < 4.78 is 16.8. The fourth-order valence-corrected chi connectivity index (χ4v) is 3.03. The first-order chi connectivity index (χ1) is 14.5. The molecule has 4 rings (SSSR count). The maximum Gasteiger partial charge on any atom is 0.254 e. The largest absolute Gasteiger partial charge is 0.489 e. The Hall–Kier alpha value is -3.11. The lowest BCUT2D eigenvalue weighted by molar-refractivity contribution is -0.146. The number of carbonyl (C=O) groups excluding carboxylic acids is 1. The molecule has 2 atom stereocenters. The van der Waals surface area contributed by atoms with Crippen molar-refractivity contribution in [2.75, 3.05) is 36.2 Å². The van der Waals surface area contributed by atoms with Crippen LogP contribution in [-0.2, 0) is 9.47 Å². The minimum Gasteiger partial charge on any atom is -0.489 e. The number of anilines is 4. The Kier molecular flexibility index (Phi) is 5.86. The minimum absolute atomic E-state index is 0.135. The van der Waals surface area contributed by atoms with E-state index in [9.17, 15) is 4.79 Å². The first-order valence-corrected chi connectivity index (χ1v) is 9.91. The van der Waals surface area contributed by atoms with Crippen molar-refractivity contribution in [3.8, 4) is 5.75 Å². The van der Waals surface area contributed by atoms with Gasteiger partial charge in [-0.2, -0.15) is 4.98 Å². The Morgan fingerprint density at radius 1 is 1.40 bits per heavy atom. The van der Waals surface area contributed by atoms with E-state index < -0.39 is 5.91 Å². The first kappa shape index (κ1) is 20.2. The van der Waals surface area contributed by atoms with Gasteiger partial charge in [-0.3, -0.25) is 4.79 Å². The van der Waals surface area contributed by atoms with Crippen LogP contribution in [0, 0.1) is 0 Å². The third-order valence-electron chi connectivity index (χ3n) is 4.87. The molecule has 10 nitrogen and oxygen atoms in total. The van der Waals surface area contributed by atoms with E-state index in [2.05, 4.69) is 25.9 Å². The number of nitrogens with one attached hydrogen (secondary N) is 3. The quantitative estimate of drug-likeness (QED) is 0.479. The molecule has 1 aromatic heterocycles. The van der Waals surface area contributed by atoms with Crippen molar-refractivity contribution < 1.29 is 19.0 Å². The smallest absolute Gasteiger partial charge is 0.254 e. The van der Waals surface area contributed by atoms with Gasteiger partial charge in [0, 0.05) is 31.6 Å². The summed E-state index contributed by atoms with van der Waals surface area (Å²) in [5.41, 5.74) is 7.32. The van der Waals surface area contributed by atoms with Crippen LogP contribution >= 0.6 is 0 Å².